The second kappa shape index (κ2) is 5.71. The third-order valence-corrected chi connectivity index (χ3v) is 6.64. The fourth-order valence-corrected chi connectivity index (χ4v) is 5.14. The second-order valence-electron chi connectivity index (χ2n) is 8.07. The van der Waals surface area contributed by atoms with Gasteiger partial charge in [-0.25, -0.2) is 4.79 Å². The van der Waals surface area contributed by atoms with Crippen LogP contribution in [0.1, 0.15) is 36.8 Å². The summed E-state index contributed by atoms with van der Waals surface area (Å²) in [6.07, 6.45) is 3.18. The minimum atomic E-state index is -0.520. The maximum atomic E-state index is 12.8. The van der Waals surface area contributed by atoms with Crippen LogP contribution in [-0.4, -0.2) is 49.1 Å². The third-order valence-electron chi connectivity index (χ3n) is 6.64. The van der Waals surface area contributed by atoms with Gasteiger partial charge in [-0.1, -0.05) is 24.3 Å². The fraction of sp³-hybridized carbons (Fsp3) is 0.650. The first-order valence-corrected chi connectivity index (χ1v) is 9.57. The maximum Gasteiger partial charge on any atom is 0.317 e. The van der Waals surface area contributed by atoms with Crippen molar-refractivity contribution in [3.63, 3.8) is 0 Å². The van der Waals surface area contributed by atoms with Crippen LogP contribution in [0.15, 0.2) is 24.3 Å². The van der Waals surface area contributed by atoms with Crippen molar-refractivity contribution in [2.45, 2.75) is 43.9 Å². The summed E-state index contributed by atoms with van der Waals surface area (Å²) in [7, 11) is 0. The van der Waals surface area contributed by atoms with Gasteiger partial charge >= 0.3 is 6.03 Å². The molecule has 5 heteroatoms. The number of amides is 2. The molecule has 0 aromatic heterocycles. The number of carbonyl (C=O) groups excluding carboxylic acids is 1. The summed E-state index contributed by atoms with van der Waals surface area (Å²) < 4.78 is 11.6. The molecule has 2 aliphatic heterocycles. The standard InChI is InChI=1S/C20H26N2O3/c1-20(24-9-10-25-20)14-6-4-8-22(12-14)19(23)21-18-16-11-13-5-2-3-7-15(13)17(16)18/h2-3,5,7,14,16-18H,4,6,8-12H2,1H3,(H,21,23)/t14-,16-,17+,18-/m1/s1. The van der Waals surface area contributed by atoms with E-state index in [1.54, 1.807) is 0 Å². The summed E-state index contributed by atoms with van der Waals surface area (Å²) in [6, 6.07) is 9.06. The molecule has 5 rings (SSSR count). The van der Waals surface area contributed by atoms with Crippen molar-refractivity contribution in [1.82, 2.24) is 10.2 Å². The van der Waals surface area contributed by atoms with Gasteiger partial charge in [0.1, 0.15) is 0 Å². The number of piperidine rings is 1. The molecule has 2 aliphatic carbocycles. The Morgan fingerprint density at radius 1 is 1.28 bits per heavy atom. The largest absolute Gasteiger partial charge is 0.347 e. The Morgan fingerprint density at radius 3 is 2.92 bits per heavy atom. The molecule has 1 aromatic carbocycles. The molecule has 1 aromatic rings. The molecule has 2 amide bonds. The van der Waals surface area contributed by atoms with Gasteiger partial charge in [0.25, 0.3) is 0 Å². The van der Waals surface area contributed by atoms with Crippen LogP contribution in [0.4, 0.5) is 4.79 Å². The molecule has 2 saturated heterocycles. The van der Waals surface area contributed by atoms with Gasteiger partial charge in [0.15, 0.2) is 5.79 Å². The van der Waals surface area contributed by atoms with Gasteiger partial charge in [0.2, 0.25) is 0 Å². The molecule has 0 spiro atoms. The summed E-state index contributed by atoms with van der Waals surface area (Å²) >= 11 is 0. The highest BCUT2D eigenvalue weighted by Crippen LogP contribution is 2.56. The molecule has 4 atom stereocenters. The number of nitrogens with one attached hydrogen (secondary N) is 1. The van der Waals surface area contributed by atoms with Gasteiger partial charge in [-0.3, -0.25) is 0 Å². The van der Waals surface area contributed by atoms with Crippen LogP contribution in [0.3, 0.4) is 0 Å². The highest BCUT2D eigenvalue weighted by atomic mass is 16.7. The fourth-order valence-electron chi connectivity index (χ4n) is 5.14. The molecule has 1 saturated carbocycles. The Labute approximate surface area is 148 Å². The Kier molecular flexibility index (Phi) is 3.57. The highest BCUT2D eigenvalue weighted by Gasteiger charge is 2.56. The lowest BCUT2D eigenvalue weighted by molar-refractivity contribution is -0.189. The normalized spacial score (nSPS) is 35.2. The van der Waals surface area contributed by atoms with Crippen molar-refractivity contribution in [2.75, 3.05) is 26.3 Å². The molecule has 0 unspecified atom stereocenters. The first-order valence-electron chi connectivity index (χ1n) is 9.57. The topological polar surface area (TPSA) is 50.8 Å². The summed E-state index contributed by atoms with van der Waals surface area (Å²) in [6.45, 7) is 4.89. The monoisotopic (exact) mass is 342 g/mol. The van der Waals surface area contributed by atoms with E-state index in [2.05, 4.69) is 29.6 Å². The van der Waals surface area contributed by atoms with E-state index in [0.29, 0.717) is 31.1 Å². The molecule has 0 bridgehead atoms. The number of likely N-dealkylation sites (tertiary alicyclic amines) is 1. The first kappa shape index (κ1) is 15.6. The van der Waals surface area contributed by atoms with Crippen molar-refractivity contribution < 1.29 is 14.3 Å². The Morgan fingerprint density at radius 2 is 2.08 bits per heavy atom. The molecule has 25 heavy (non-hydrogen) atoms. The Hall–Kier alpha value is -1.59. The quantitative estimate of drug-likeness (QED) is 0.898. The van der Waals surface area contributed by atoms with Crippen LogP contribution in [0.25, 0.3) is 0 Å². The van der Waals surface area contributed by atoms with Crippen LogP contribution < -0.4 is 5.32 Å². The molecular formula is C20H26N2O3. The number of carbonyl (C=O) groups is 1. The molecule has 3 fully saturated rings. The number of urea groups is 1. The number of hydrogen-bond donors (Lipinski definition) is 1. The maximum absolute atomic E-state index is 12.8. The van der Waals surface area contributed by atoms with E-state index < -0.39 is 5.79 Å². The highest BCUT2D eigenvalue weighted by molar-refractivity contribution is 5.75. The van der Waals surface area contributed by atoms with E-state index in [1.807, 2.05) is 11.8 Å². The summed E-state index contributed by atoms with van der Waals surface area (Å²) in [5.41, 5.74) is 2.90. The van der Waals surface area contributed by atoms with Gasteiger partial charge in [0.05, 0.1) is 13.2 Å². The summed E-state index contributed by atoms with van der Waals surface area (Å²) in [5, 5.41) is 3.30. The zero-order valence-corrected chi connectivity index (χ0v) is 14.7. The average Bonchev–Trinajstić information content (AvgIpc) is 2.99. The van der Waals surface area contributed by atoms with E-state index in [0.717, 1.165) is 32.4 Å². The molecule has 2 heterocycles. The van der Waals surface area contributed by atoms with E-state index in [1.165, 1.54) is 11.1 Å². The van der Waals surface area contributed by atoms with Crippen molar-refractivity contribution in [3.05, 3.63) is 35.4 Å². The van der Waals surface area contributed by atoms with E-state index >= 15 is 0 Å². The Balaban J connectivity index is 1.21. The molecule has 134 valence electrons. The number of rotatable bonds is 2. The smallest absolute Gasteiger partial charge is 0.317 e. The number of ether oxygens (including phenoxy) is 2. The zero-order chi connectivity index (χ0) is 17.0. The Bertz CT molecular complexity index is 685. The van der Waals surface area contributed by atoms with Gasteiger partial charge in [-0.05, 0) is 43.2 Å². The minimum absolute atomic E-state index is 0.0863. The lowest BCUT2D eigenvalue weighted by atomic mass is 9.90. The average molecular weight is 342 g/mol. The van der Waals surface area contributed by atoms with Gasteiger partial charge in [-0.2, -0.15) is 0 Å². The van der Waals surface area contributed by atoms with Crippen LogP contribution in [-0.2, 0) is 15.9 Å². The van der Waals surface area contributed by atoms with Crippen LogP contribution in [0, 0.1) is 11.8 Å². The zero-order valence-electron chi connectivity index (χ0n) is 14.7. The SMILES string of the molecule is CC1([C@@H]2CCCN(C(=O)N[C@@H]3[C@@H]4Cc5ccccc5[C@@H]43)C2)OCCO1. The van der Waals surface area contributed by atoms with E-state index in [-0.39, 0.29) is 11.9 Å². The number of hydrogen-bond acceptors (Lipinski definition) is 3. The van der Waals surface area contributed by atoms with Gasteiger partial charge in [-0.15, -0.1) is 0 Å². The number of nitrogens with zero attached hydrogens (tertiary/aromatic N) is 1. The first-order chi connectivity index (χ1) is 12.2. The predicted octanol–water partition coefficient (Wildman–Crippen LogP) is 2.51. The van der Waals surface area contributed by atoms with E-state index in [9.17, 15) is 4.79 Å². The van der Waals surface area contributed by atoms with Gasteiger partial charge < -0.3 is 19.7 Å². The molecular weight excluding hydrogens is 316 g/mol. The molecule has 4 aliphatic rings. The molecule has 1 N–H and O–H groups in total. The molecule has 5 nitrogen and oxygen atoms in total. The third kappa shape index (κ3) is 2.56. The minimum Gasteiger partial charge on any atom is -0.347 e. The van der Waals surface area contributed by atoms with Gasteiger partial charge in [0, 0.05) is 31.0 Å². The summed E-state index contributed by atoms with van der Waals surface area (Å²) in [5.74, 6) is 0.864. The second-order valence-corrected chi connectivity index (χ2v) is 8.07. The summed E-state index contributed by atoms with van der Waals surface area (Å²) in [4.78, 5) is 14.8. The lowest BCUT2D eigenvalue weighted by Crippen LogP contribution is -2.52. The van der Waals surface area contributed by atoms with Crippen molar-refractivity contribution in [2.24, 2.45) is 11.8 Å². The van der Waals surface area contributed by atoms with Crippen LogP contribution >= 0.6 is 0 Å². The predicted molar refractivity (Wildman–Crippen MR) is 93.3 cm³/mol. The van der Waals surface area contributed by atoms with Crippen molar-refractivity contribution >= 4 is 6.03 Å². The van der Waals surface area contributed by atoms with E-state index in [4.69, 9.17) is 9.47 Å². The lowest BCUT2D eigenvalue weighted by Gasteiger charge is -2.39. The number of fused-ring (bicyclic) bond motifs is 3. The molecule has 0 radical (unpaired) electrons. The number of benzene rings is 1. The van der Waals surface area contributed by atoms with Crippen LogP contribution in [0.5, 0.6) is 0 Å². The van der Waals surface area contributed by atoms with Crippen molar-refractivity contribution in [3.8, 4) is 0 Å². The van der Waals surface area contributed by atoms with Crippen LogP contribution in [0.2, 0.25) is 0 Å². The van der Waals surface area contributed by atoms with Crippen molar-refractivity contribution in [1.29, 1.82) is 0 Å².